The number of nitrogens with one attached hydrogen (secondary N) is 1. The molecule has 0 radical (unpaired) electrons. The number of nitrogens with zero attached hydrogens (tertiary/aromatic N) is 5. The van der Waals surface area contributed by atoms with Crippen LogP contribution in [0.5, 0.6) is 0 Å². The van der Waals surface area contributed by atoms with Crippen molar-refractivity contribution in [3.63, 3.8) is 0 Å². The molecule has 0 fully saturated rings. The number of hydrogen-bond donors (Lipinski definition) is 2. The quantitative estimate of drug-likeness (QED) is 0.303. The summed E-state index contributed by atoms with van der Waals surface area (Å²) in [4.78, 5) is 17.0. The zero-order valence-corrected chi connectivity index (χ0v) is 21.3. The van der Waals surface area contributed by atoms with Gasteiger partial charge >= 0.3 is 6.18 Å². The maximum atomic E-state index is 13.0. The van der Waals surface area contributed by atoms with Crippen LogP contribution in [0.1, 0.15) is 11.1 Å². The Bertz CT molecular complexity index is 1760. The Morgan fingerprint density at radius 2 is 1.77 bits per heavy atom. The number of alkyl halides is 3. The number of hydrogen-bond acceptors (Lipinski definition) is 8. The fraction of sp³-hybridized carbons (Fsp3) is 0.154. The Morgan fingerprint density at radius 1 is 1.00 bits per heavy atom. The molecule has 0 bridgehead atoms. The lowest BCUT2D eigenvalue weighted by Gasteiger charge is -2.15. The molecule has 9 nitrogen and oxygen atoms in total. The summed E-state index contributed by atoms with van der Waals surface area (Å²) in [5.41, 5.74) is 9.48. The molecule has 2 aromatic carbocycles. The fourth-order valence-corrected chi connectivity index (χ4v) is 4.75. The average molecular weight is 554 g/mol. The summed E-state index contributed by atoms with van der Waals surface area (Å²) < 4.78 is 65.2. The van der Waals surface area contributed by atoms with Crippen molar-refractivity contribution in [2.24, 2.45) is 0 Å². The fourth-order valence-electron chi connectivity index (χ4n) is 4.08. The number of fused-ring (bicyclic) bond motifs is 1. The molecule has 5 aromatic rings. The van der Waals surface area contributed by atoms with E-state index >= 15 is 0 Å². The Balaban J connectivity index is 1.64. The predicted octanol–water partition coefficient (Wildman–Crippen LogP) is 4.43. The van der Waals surface area contributed by atoms with Gasteiger partial charge in [0.2, 0.25) is 5.95 Å². The van der Waals surface area contributed by atoms with Crippen LogP contribution in [-0.2, 0) is 16.3 Å². The van der Waals surface area contributed by atoms with Crippen molar-refractivity contribution in [2.45, 2.75) is 17.5 Å². The summed E-state index contributed by atoms with van der Waals surface area (Å²) in [6.45, 7) is -1.35. The molecule has 0 spiro atoms. The van der Waals surface area contributed by atoms with Gasteiger partial charge in [-0.2, -0.15) is 18.2 Å². The second kappa shape index (κ2) is 9.98. The predicted molar refractivity (Wildman–Crippen MR) is 141 cm³/mol. The molecule has 39 heavy (non-hydrogen) atoms. The second-order valence-electron chi connectivity index (χ2n) is 8.88. The van der Waals surface area contributed by atoms with Crippen LogP contribution in [-0.4, -0.2) is 51.9 Å². The first-order valence-corrected chi connectivity index (χ1v) is 13.5. The van der Waals surface area contributed by atoms with Crippen molar-refractivity contribution in [1.82, 2.24) is 24.5 Å². The van der Waals surface area contributed by atoms with E-state index in [0.717, 1.165) is 17.5 Å². The number of nitrogens with two attached hydrogens (primary N) is 1. The van der Waals surface area contributed by atoms with Crippen molar-refractivity contribution in [2.75, 3.05) is 23.9 Å². The molecule has 0 aliphatic rings. The number of halogens is 3. The molecule has 13 heteroatoms. The Kier molecular flexibility index (Phi) is 6.68. The Hall–Kier alpha value is -4.52. The van der Waals surface area contributed by atoms with E-state index in [1.807, 2.05) is 35.0 Å². The van der Waals surface area contributed by atoms with Crippen LogP contribution in [0.15, 0.2) is 78.2 Å². The minimum atomic E-state index is -4.51. The van der Waals surface area contributed by atoms with Gasteiger partial charge in [-0.05, 0) is 47.9 Å². The number of anilines is 2. The molecule has 0 unspecified atom stereocenters. The van der Waals surface area contributed by atoms with Crippen LogP contribution in [0.3, 0.4) is 0 Å². The average Bonchev–Trinajstić information content (AvgIpc) is 3.42. The first-order valence-electron chi connectivity index (χ1n) is 11.6. The number of rotatable bonds is 7. The van der Waals surface area contributed by atoms with Crippen molar-refractivity contribution in [3.8, 4) is 16.9 Å². The first kappa shape index (κ1) is 26.1. The van der Waals surface area contributed by atoms with Gasteiger partial charge in [0.1, 0.15) is 17.6 Å². The van der Waals surface area contributed by atoms with Crippen LogP contribution in [0.25, 0.3) is 28.0 Å². The van der Waals surface area contributed by atoms with E-state index < -0.39 is 22.6 Å². The molecule has 3 aromatic heterocycles. The highest BCUT2D eigenvalue weighted by Gasteiger charge is 2.28. The third kappa shape index (κ3) is 5.98. The van der Waals surface area contributed by atoms with Gasteiger partial charge in [-0.3, -0.25) is 0 Å². The summed E-state index contributed by atoms with van der Waals surface area (Å²) in [5.74, 6) is -0.384. The molecule has 3 heterocycles. The van der Waals surface area contributed by atoms with Gasteiger partial charge in [-0.1, -0.05) is 24.3 Å². The number of sulfone groups is 1. The van der Waals surface area contributed by atoms with Crippen LogP contribution >= 0.6 is 0 Å². The molecule has 5 rings (SSSR count). The molecule has 3 N–H and O–H groups in total. The molecule has 200 valence electrons. The highest BCUT2D eigenvalue weighted by atomic mass is 32.2. The summed E-state index contributed by atoms with van der Waals surface area (Å²) in [5, 5.41) is 2.27. The molecule has 0 aliphatic heterocycles. The highest BCUT2D eigenvalue weighted by Crippen LogP contribution is 2.31. The van der Waals surface area contributed by atoms with Crippen molar-refractivity contribution < 1.29 is 21.6 Å². The Labute approximate surface area is 221 Å². The SMILES string of the molecule is CS(=O)(=O)c1cccc(-c2cc(Cc3ccc(-n4ccnc4)cc3)c3nc(N)nc(NCC(F)(F)F)c3n2)c1. The van der Waals surface area contributed by atoms with Crippen molar-refractivity contribution >= 4 is 32.6 Å². The largest absolute Gasteiger partial charge is 0.405 e. The number of benzene rings is 2. The van der Waals surface area contributed by atoms with Gasteiger partial charge in [-0.15, -0.1) is 0 Å². The molecule has 0 aliphatic carbocycles. The minimum absolute atomic E-state index is 0.0840. The molecular weight excluding hydrogens is 531 g/mol. The molecule has 0 amide bonds. The smallest absolute Gasteiger partial charge is 0.368 e. The summed E-state index contributed by atoms with van der Waals surface area (Å²) >= 11 is 0. The van der Waals surface area contributed by atoms with E-state index in [9.17, 15) is 21.6 Å². The maximum Gasteiger partial charge on any atom is 0.405 e. The van der Waals surface area contributed by atoms with Gasteiger partial charge in [0, 0.05) is 29.9 Å². The van der Waals surface area contributed by atoms with E-state index in [4.69, 9.17) is 5.73 Å². The number of aromatic nitrogens is 5. The molecule has 0 saturated carbocycles. The number of pyridine rings is 1. The second-order valence-corrected chi connectivity index (χ2v) is 10.9. The zero-order chi connectivity index (χ0) is 27.8. The first-order chi connectivity index (χ1) is 18.5. The van der Waals surface area contributed by atoms with E-state index in [1.165, 1.54) is 12.1 Å². The van der Waals surface area contributed by atoms with E-state index in [1.54, 1.807) is 30.7 Å². The van der Waals surface area contributed by atoms with E-state index in [2.05, 4.69) is 25.3 Å². The van der Waals surface area contributed by atoms with E-state index in [-0.39, 0.29) is 27.7 Å². The summed E-state index contributed by atoms with van der Waals surface area (Å²) in [6, 6.07) is 15.6. The van der Waals surface area contributed by atoms with Gasteiger partial charge in [0.15, 0.2) is 15.7 Å². The standard InChI is InChI=1S/C26H22F3N7O2S/c1-39(37,38)20-4-2-3-17(12-20)21-13-18(11-16-5-7-19(8-6-16)36-10-9-31-15-36)22-23(33-21)24(35-25(30)34-22)32-14-26(27,28)29/h2-10,12-13,15H,11,14H2,1H3,(H3,30,32,34,35). The molecule has 0 atom stereocenters. The molecular formula is C26H22F3N7O2S. The third-order valence-corrected chi connectivity index (χ3v) is 7.01. The minimum Gasteiger partial charge on any atom is -0.368 e. The van der Waals surface area contributed by atoms with Crippen molar-refractivity contribution in [1.29, 1.82) is 0 Å². The third-order valence-electron chi connectivity index (χ3n) is 5.90. The lowest BCUT2D eigenvalue weighted by molar-refractivity contribution is -0.115. The van der Waals surface area contributed by atoms with Crippen molar-refractivity contribution in [3.05, 3.63) is 84.4 Å². The summed E-state index contributed by atoms with van der Waals surface area (Å²) in [6.07, 6.45) is 2.10. The maximum absolute atomic E-state index is 13.0. The van der Waals surface area contributed by atoms with Gasteiger partial charge < -0.3 is 15.6 Å². The molecule has 0 saturated heterocycles. The zero-order valence-electron chi connectivity index (χ0n) is 20.5. The number of imidazole rings is 1. The number of nitrogen functional groups attached to an aromatic ring is 1. The van der Waals surface area contributed by atoms with Crippen LogP contribution in [0, 0.1) is 0 Å². The Morgan fingerprint density at radius 3 is 2.44 bits per heavy atom. The monoisotopic (exact) mass is 553 g/mol. The van der Waals surface area contributed by atoms with Gasteiger partial charge in [0.05, 0.1) is 16.9 Å². The van der Waals surface area contributed by atoms with Crippen LogP contribution in [0.2, 0.25) is 0 Å². The highest BCUT2D eigenvalue weighted by molar-refractivity contribution is 7.90. The topological polar surface area (TPSA) is 129 Å². The summed E-state index contributed by atoms with van der Waals surface area (Å²) in [7, 11) is -3.51. The van der Waals surface area contributed by atoms with Crippen LogP contribution < -0.4 is 11.1 Å². The lowest BCUT2D eigenvalue weighted by atomic mass is 10.0. The van der Waals surface area contributed by atoms with Crippen LogP contribution in [0.4, 0.5) is 24.9 Å². The van der Waals surface area contributed by atoms with Gasteiger partial charge in [0.25, 0.3) is 0 Å². The van der Waals surface area contributed by atoms with Gasteiger partial charge in [-0.25, -0.2) is 23.4 Å². The van der Waals surface area contributed by atoms with E-state index in [0.29, 0.717) is 23.2 Å². The normalized spacial score (nSPS) is 12.1. The lowest BCUT2D eigenvalue weighted by Crippen LogP contribution is -2.22.